The van der Waals surface area contributed by atoms with Crippen molar-refractivity contribution >= 4 is 11.9 Å². The molecule has 0 aliphatic carbocycles. The average molecular weight is 449 g/mol. The van der Waals surface area contributed by atoms with Crippen molar-refractivity contribution in [1.82, 2.24) is 15.1 Å². The molecule has 6 heteroatoms. The van der Waals surface area contributed by atoms with Gasteiger partial charge in [0.1, 0.15) is 0 Å². The van der Waals surface area contributed by atoms with Gasteiger partial charge in [-0.1, -0.05) is 42.5 Å². The molecule has 33 heavy (non-hydrogen) atoms. The molecular weight excluding hydrogens is 412 g/mol. The lowest BCUT2D eigenvalue weighted by atomic mass is 10.1. The highest BCUT2D eigenvalue weighted by atomic mass is 16.5. The number of rotatable bonds is 7. The van der Waals surface area contributed by atoms with Gasteiger partial charge in [-0.25, -0.2) is 0 Å². The van der Waals surface area contributed by atoms with E-state index in [9.17, 15) is 4.79 Å². The lowest BCUT2D eigenvalue weighted by Gasteiger charge is -2.26. The van der Waals surface area contributed by atoms with Crippen LogP contribution in [0.1, 0.15) is 47.2 Å². The summed E-state index contributed by atoms with van der Waals surface area (Å²) in [7, 11) is 1.84. The SMILES string of the molecule is CN=C(NCc1ccc(C(=O)N2CCCCC2)cc1)N1CCC(COCc2ccccc2)C1. The van der Waals surface area contributed by atoms with Crippen LogP contribution in [0.25, 0.3) is 0 Å². The number of guanidine groups is 1. The van der Waals surface area contributed by atoms with Crippen LogP contribution < -0.4 is 5.32 Å². The van der Waals surface area contributed by atoms with Crippen LogP contribution in [-0.2, 0) is 17.9 Å². The third-order valence-corrected chi connectivity index (χ3v) is 6.56. The second-order valence-electron chi connectivity index (χ2n) is 9.05. The van der Waals surface area contributed by atoms with Gasteiger partial charge in [-0.3, -0.25) is 9.79 Å². The molecule has 0 aromatic heterocycles. The molecule has 2 aromatic rings. The van der Waals surface area contributed by atoms with Crippen molar-refractivity contribution in [2.45, 2.75) is 38.8 Å². The number of carbonyl (C=O) groups is 1. The Morgan fingerprint density at radius 3 is 2.45 bits per heavy atom. The maximum atomic E-state index is 12.7. The number of hydrogen-bond acceptors (Lipinski definition) is 3. The third kappa shape index (κ3) is 6.57. The highest BCUT2D eigenvalue weighted by Crippen LogP contribution is 2.18. The van der Waals surface area contributed by atoms with Gasteiger partial charge in [0.15, 0.2) is 5.96 Å². The van der Waals surface area contributed by atoms with Gasteiger partial charge >= 0.3 is 0 Å². The van der Waals surface area contributed by atoms with E-state index in [1.165, 1.54) is 12.0 Å². The predicted octanol–water partition coefficient (Wildman–Crippen LogP) is 3.93. The van der Waals surface area contributed by atoms with Gasteiger partial charge in [-0.15, -0.1) is 0 Å². The Labute approximate surface area is 197 Å². The van der Waals surface area contributed by atoms with Crippen LogP contribution in [0.2, 0.25) is 0 Å². The van der Waals surface area contributed by atoms with Crippen molar-refractivity contribution in [3.05, 3.63) is 71.3 Å². The van der Waals surface area contributed by atoms with Gasteiger partial charge < -0.3 is 19.9 Å². The number of hydrogen-bond donors (Lipinski definition) is 1. The topological polar surface area (TPSA) is 57.2 Å². The summed E-state index contributed by atoms with van der Waals surface area (Å²) >= 11 is 0. The zero-order chi connectivity index (χ0) is 22.9. The molecule has 2 saturated heterocycles. The lowest BCUT2D eigenvalue weighted by molar-refractivity contribution is 0.0724. The quantitative estimate of drug-likeness (QED) is 0.515. The molecule has 176 valence electrons. The molecule has 0 spiro atoms. The zero-order valence-electron chi connectivity index (χ0n) is 19.7. The number of likely N-dealkylation sites (tertiary alicyclic amines) is 2. The lowest BCUT2D eigenvalue weighted by Crippen LogP contribution is -2.39. The monoisotopic (exact) mass is 448 g/mol. The smallest absolute Gasteiger partial charge is 0.253 e. The van der Waals surface area contributed by atoms with E-state index in [4.69, 9.17) is 4.74 Å². The first-order valence-corrected chi connectivity index (χ1v) is 12.2. The van der Waals surface area contributed by atoms with Crippen molar-refractivity contribution in [2.24, 2.45) is 10.9 Å². The molecule has 2 aromatic carbocycles. The number of amides is 1. The summed E-state index contributed by atoms with van der Waals surface area (Å²) in [5, 5.41) is 3.48. The Hall–Kier alpha value is -2.86. The molecule has 1 unspecified atom stereocenters. The van der Waals surface area contributed by atoms with Crippen LogP contribution in [0.3, 0.4) is 0 Å². The first kappa shape index (κ1) is 23.3. The highest BCUT2D eigenvalue weighted by Gasteiger charge is 2.25. The third-order valence-electron chi connectivity index (χ3n) is 6.56. The minimum absolute atomic E-state index is 0.155. The first-order chi connectivity index (χ1) is 16.2. The van der Waals surface area contributed by atoms with Crippen molar-refractivity contribution in [3.63, 3.8) is 0 Å². The Kier molecular flexibility index (Phi) is 8.36. The Morgan fingerprint density at radius 1 is 0.970 bits per heavy atom. The molecule has 0 radical (unpaired) electrons. The van der Waals surface area contributed by atoms with E-state index < -0.39 is 0 Å². The Bertz CT molecular complexity index is 907. The summed E-state index contributed by atoms with van der Waals surface area (Å²) < 4.78 is 5.95. The van der Waals surface area contributed by atoms with Crippen LogP contribution in [0.5, 0.6) is 0 Å². The van der Waals surface area contributed by atoms with Crippen LogP contribution in [0, 0.1) is 5.92 Å². The summed E-state index contributed by atoms with van der Waals surface area (Å²) in [6.45, 7) is 5.84. The molecule has 2 heterocycles. The molecule has 2 fully saturated rings. The van der Waals surface area contributed by atoms with E-state index in [-0.39, 0.29) is 5.91 Å². The van der Waals surface area contributed by atoms with E-state index >= 15 is 0 Å². The maximum absolute atomic E-state index is 12.7. The summed E-state index contributed by atoms with van der Waals surface area (Å²) in [6, 6.07) is 18.3. The number of carbonyl (C=O) groups excluding carboxylic acids is 1. The second kappa shape index (κ2) is 11.8. The first-order valence-electron chi connectivity index (χ1n) is 12.2. The molecule has 4 rings (SSSR count). The number of nitrogens with zero attached hydrogens (tertiary/aromatic N) is 3. The summed E-state index contributed by atoms with van der Waals surface area (Å²) in [6.07, 6.45) is 4.57. The standard InChI is InChI=1S/C27H36N4O2/c1-28-27(31-17-14-24(19-31)21-33-20-23-8-4-2-5-9-23)29-18-22-10-12-25(13-11-22)26(32)30-15-6-3-7-16-30/h2,4-5,8-13,24H,3,6-7,14-21H2,1H3,(H,28,29). The number of benzene rings is 2. The number of ether oxygens (including phenoxy) is 1. The van der Waals surface area contributed by atoms with Gasteiger partial charge in [0.25, 0.3) is 5.91 Å². The van der Waals surface area contributed by atoms with E-state index in [0.717, 1.165) is 69.1 Å². The molecule has 0 saturated carbocycles. The van der Waals surface area contributed by atoms with Gasteiger partial charge in [-0.05, 0) is 48.9 Å². The van der Waals surface area contributed by atoms with Gasteiger partial charge in [-0.2, -0.15) is 0 Å². The van der Waals surface area contributed by atoms with Crippen molar-refractivity contribution in [3.8, 4) is 0 Å². The number of nitrogens with one attached hydrogen (secondary N) is 1. The van der Waals surface area contributed by atoms with Crippen LogP contribution in [-0.4, -0.2) is 61.5 Å². The van der Waals surface area contributed by atoms with Crippen molar-refractivity contribution < 1.29 is 9.53 Å². The average Bonchev–Trinajstić information content (AvgIpc) is 3.34. The molecule has 0 bridgehead atoms. The highest BCUT2D eigenvalue weighted by molar-refractivity contribution is 5.94. The minimum Gasteiger partial charge on any atom is -0.376 e. The van der Waals surface area contributed by atoms with Crippen molar-refractivity contribution in [2.75, 3.05) is 39.8 Å². The molecule has 6 nitrogen and oxygen atoms in total. The zero-order valence-corrected chi connectivity index (χ0v) is 19.7. The summed E-state index contributed by atoms with van der Waals surface area (Å²) in [5.41, 5.74) is 3.14. The second-order valence-corrected chi connectivity index (χ2v) is 9.05. The van der Waals surface area contributed by atoms with Crippen LogP contribution >= 0.6 is 0 Å². The van der Waals surface area contributed by atoms with Crippen LogP contribution in [0.4, 0.5) is 0 Å². The van der Waals surface area contributed by atoms with E-state index in [1.807, 2.05) is 54.4 Å². The largest absolute Gasteiger partial charge is 0.376 e. The van der Waals surface area contributed by atoms with Crippen LogP contribution in [0.15, 0.2) is 59.6 Å². The molecule has 1 amide bonds. The molecule has 1 atom stereocenters. The van der Waals surface area contributed by atoms with Gasteiger partial charge in [0, 0.05) is 51.3 Å². The number of aliphatic imine (C=N–C) groups is 1. The molecule has 2 aliphatic rings. The van der Waals surface area contributed by atoms with E-state index in [0.29, 0.717) is 19.1 Å². The fraction of sp³-hybridized carbons (Fsp3) is 0.481. The minimum atomic E-state index is 0.155. The molecule has 2 aliphatic heterocycles. The normalized spacial score (nSPS) is 19.1. The molecule has 1 N–H and O–H groups in total. The Balaban J connectivity index is 1.21. The predicted molar refractivity (Wildman–Crippen MR) is 132 cm³/mol. The van der Waals surface area contributed by atoms with Gasteiger partial charge in [0.05, 0.1) is 13.2 Å². The van der Waals surface area contributed by atoms with Crippen molar-refractivity contribution in [1.29, 1.82) is 0 Å². The van der Waals surface area contributed by atoms with E-state index in [2.05, 4.69) is 27.3 Å². The summed E-state index contributed by atoms with van der Waals surface area (Å²) in [5.74, 6) is 1.60. The number of piperidine rings is 1. The fourth-order valence-electron chi connectivity index (χ4n) is 4.64. The Morgan fingerprint density at radius 2 is 1.73 bits per heavy atom. The summed E-state index contributed by atoms with van der Waals surface area (Å²) in [4.78, 5) is 21.4. The van der Waals surface area contributed by atoms with Gasteiger partial charge in [0.2, 0.25) is 0 Å². The maximum Gasteiger partial charge on any atom is 0.253 e. The molecular formula is C27H36N4O2. The fourth-order valence-corrected chi connectivity index (χ4v) is 4.64. The van der Waals surface area contributed by atoms with E-state index in [1.54, 1.807) is 0 Å².